The topological polar surface area (TPSA) is 255 Å². The van der Waals surface area contributed by atoms with Gasteiger partial charge < -0.3 is 19.5 Å². The molecule has 0 bridgehead atoms. The van der Waals surface area contributed by atoms with Gasteiger partial charge in [0, 0.05) is 33.8 Å². The molecule has 8 rings (SSSR count). The number of benzene rings is 5. The molecule has 2 atom stereocenters. The van der Waals surface area contributed by atoms with Crippen LogP contribution in [-0.2, 0) is 51.8 Å². The van der Waals surface area contributed by atoms with E-state index in [1.807, 2.05) is 42.5 Å². The Morgan fingerprint density at radius 3 is 1.38 bits per heavy atom. The molecule has 422 valence electrons. The van der Waals surface area contributed by atoms with Gasteiger partial charge in [0.1, 0.15) is 23.1 Å². The fourth-order valence-corrected chi connectivity index (χ4v) is 7.77. The number of anilines is 2. The second-order valence-electron chi connectivity index (χ2n) is 17.4. The summed E-state index contributed by atoms with van der Waals surface area (Å²) >= 11 is 17.6. The number of H-pyrrole nitrogens is 1. The molecular formula is C54H57Cl3N10O11S2. The molecule has 0 fully saturated rings. The van der Waals surface area contributed by atoms with Gasteiger partial charge in [0.25, 0.3) is 0 Å². The number of aromatic nitrogens is 9. The number of esters is 2. The van der Waals surface area contributed by atoms with Crippen molar-refractivity contribution in [2.24, 2.45) is 11.8 Å². The van der Waals surface area contributed by atoms with Crippen molar-refractivity contribution in [3.05, 3.63) is 234 Å². The number of nitrogens with one attached hydrogen (secondary N) is 2. The molecule has 0 spiro atoms. The van der Waals surface area contributed by atoms with Crippen LogP contribution in [0.25, 0.3) is 0 Å². The van der Waals surface area contributed by atoms with Crippen molar-refractivity contribution in [2.45, 2.75) is 60.4 Å². The number of aromatic amines is 1. The molecule has 3 aromatic heterocycles. The average molecular weight is 1190 g/mol. The van der Waals surface area contributed by atoms with Gasteiger partial charge in [-0.15, -0.1) is 0 Å². The smallest absolute Gasteiger partial charge is 0.354 e. The molecule has 0 aliphatic carbocycles. The number of nitrogens with zero attached hydrogens (tertiary/aromatic N) is 8. The molecule has 0 aliphatic heterocycles. The molecular weight excluding hydrogens is 1140 g/mol. The van der Waals surface area contributed by atoms with Crippen LogP contribution in [0.4, 0.5) is 11.6 Å². The van der Waals surface area contributed by atoms with Crippen molar-refractivity contribution >= 4 is 85.4 Å². The van der Waals surface area contributed by atoms with Gasteiger partial charge in [0.2, 0.25) is 5.95 Å². The second-order valence-corrected chi connectivity index (χ2v) is 18.7. The summed E-state index contributed by atoms with van der Waals surface area (Å²) in [6.45, 7) is 6.84. The van der Waals surface area contributed by atoms with Gasteiger partial charge in [-0.25, -0.2) is 37.9 Å². The molecule has 0 saturated carbocycles. The predicted octanol–water partition coefficient (Wildman–Crippen LogP) is 6.84. The summed E-state index contributed by atoms with van der Waals surface area (Å²) < 4.78 is 21.2. The number of carbonyl (C=O) groups is 2. The third-order valence-corrected chi connectivity index (χ3v) is 12.3. The fraction of sp³-hybridized carbons (Fsp3) is 0.241. The molecule has 0 saturated heterocycles. The van der Waals surface area contributed by atoms with Crippen LogP contribution in [0.3, 0.4) is 0 Å². The Labute approximate surface area is 486 Å². The lowest BCUT2D eigenvalue weighted by Crippen LogP contribution is -2.44. The van der Waals surface area contributed by atoms with E-state index in [-0.39, 0.29) is 59.1 Å². The van der Waals surface area contributed by atoms with Crippen molar-refractivity contribution in [3.63, 3.8) is 0 Å². The monoisotopic (exact) mass is 1190 g/mol. The second kappa shape index (κ2) is 30.4. The molecule has 8 aromatic rings. The van der Waals surface area contributed by atoms with Crippen molar-refractivity contribution in [3.8, 4) is 11.5 Å². The number of methoxy groups -OCH3 is 2. The molecule has 0 radical (unpaired) electrons. The van der Waals surface area contributed by atoms with Crippen LogP contribution >= 0.6 is 61.8 Å². The Morgan fingerprint density at radius 2 is 0.925 bits per heavy atom. The molecule has 3 heterocycles. The first kappa shape index (κ1) is 64.6. The Kier molecular flexibility index (Phi) is 24.5. The lowest BCUT2D eigenvalue weighted by atomic mass is 10.2. The van der Waals surface area contributed by atoms with E-state index in [0.29, 0.717) is 50.4 Å². The Hall–Kier alpha value is -7.96. The molecule has 0 aliphatic rings. The maximum atomic E-state index is 13.4. The third kappa shape index (κ3) is 18.0. The number of para-hydroxylation sites is 1. The Bertz CT molecular complexity index is 3750. The van der Waals surface area contributed by atoms with Gasteiger partial charge in [-0.3, -0.25) is 28.3 Å². The van der Waals surface area contributed by atoms with Crippen molar-refractivity contribution in [1.82, 2.24) is 42.8 Å². The van der Waals surface area contributed by atoms with Crippen LogP contribution in [0.2, 0.25) is 15.1 Å². The van der Waals surface area contributed by atoms with Gasteiger partial charge >= 0.3 is 46.1 Å². The summed E-state index contributed by atoms with van der Waals surface area (Å²) in [6.07, 6.45) is 0. The summed E-state index contributed by atoms with van der Waals surface area (Å²) in [5.41, 5.74) is -0.550. The molecule has 0 unspecified atom stereocenters. The molecule has 0 amide bonds. The van der Waals surface area contributed by atoms with Crippen molar-refractivity contribution in [2.75, 3.05) is 19.5 Å². The highest BCUT2D eigenvalue weighted by Crippen LogP contribution is 2.24. The van der Waals surface area contributed by atoms with E-state index in [9.17, 15) is 38.4 Å². The van der Waals surface area contributed by atoms with E-state index < -0.39 is 57.9 Å². The zero-order valence-corrected chi connectivity index (χ0v) is 48.3. The summed E-state index contributed by atoms with van der Waals surface area (Å²) in [7, 11) is 2.51. The Balaban J connectivity index is 0.000000276. The van der Waals surface area contributed by atoms with Crippen LogP contribution < -0.4 is 44.2 Å². The number of hydrogen-bond donors (Lipinski definition) is 2. The van der Waals surface area contributed by atoms with Crippen LogP contribution in [0.5, 0.6) is 11.5 Å². The van der Waals surface area contributed by atoms with Crippen LogP contribution in [-0.4, -0.2) is 68.9 Å². The van der Waals surface area contributed by atoms with Gasteiger partial charge in [0.15, 0.2) is 0 Å². The largest absolute Gasteiger partial charge is 0.469 e. The van der Waals surface area contributed by atoms with E-state index in [1.165, 1.54) is 27.9 Å². The lowest BCUT2D eigenvalue weighted by Gasteiger charge is -2.17. The van der Waals surface area contributed by atoms with Gasteiger partial charge in [0.05, 0.1) is 45.7 Å². The minimum atomic E-state index is -0.778. The van der Waals surface area contributed by atoms with Crippen LogP contribution in [0.1, 0.15) is 42.2 Å². The molecule has 80 heavy (non-hydrogen) atoms. The maximum absolute atomic E-state index is 13.4. The highest BCUT2D eigenvalue weighted by molar-refractivity contribution is 7.59. The zero-order valence-electron chi connectivity index (χ0n) is 44.0. The van der Waals surface area contributed by atoms with Gasteiger partial charge in [-0.2, -0.15) is 41.9 Å². The quantitative estimate of drug-likeness (QED) is 0.0939. The standard InChI is InChI=1S/C27H25ClN4O5.C16H18ClN3O4.C11H10ClN3O2.2H2S/c1-18(24(33)36-2)16-32-26(34)30-25(31(27(32)35)17-19-8-10-20(28)11-9-19)29-21-12-14-23(15-13-21)37-22-6-4-3-5-7-22;1-10(14(21)24-3)8-20-15(22)18-11(2)19(16(20)23)9-12-4-6-13(17)7-5-12;1-7-13-10(16)14-11(17)15(7)6-8-2-4-9(12)5-3-8;;/h3-15,18H,16-17H2,1-2H3,(H,29,30,34);4-7,10H,8-9H2,1-3H3;2-5H,6H2,1H3,(H,14,16,17);2*1H2/t18-;10-;;;/m00.../s1. The summed E-state index contributed by atoms with van der Waals surface area (Å²) in [5, 5.41) is 4.85. The first-order valence-electron chi connectivity index (χ1n) is 23.8. The van der Waals surface area contributed by atoms with E-state index >= 15 is 0 Å². The zero-order chi connectivity index (χ0) is 56.6. The number of carbonyl (C=O) groups excluding carboxylic acids is 2. The third-order valence-electron chi connectivity index (χ3n) is 11.6. The molecule has 2 N–H and O–H groups in total. The number of hydrogen-bond acceptors (Lipinski definition) is 15. The first-order valence-corrected chi connectivity index (χ1v) is 24.9. The van der Waals surface area contributed by atoms with Crippen molar-refractivity contribution < 1.29 is 23.8 Å². The van der Waals surface area contributed by atoms with Crippen LogP contribution in [0, 0.1) is 25.7 Å². The molecule has 26 heteroatoms. The van der Waals surface area contributed by atoms with Gasteiger partial charge in [-0.1, -0.05) is 103 Å². The highest BCUT2D eigenvalue weighted by atomic mass is 35.5. The van der Waals surface area contributed by atoms with Gasteiger partial charge in [-0.05, 0) is 103 Å². The highest BCUT2D eigenvalue weighted by Gasteiger charge is 2.21. The van der Waals surface area contributed by atoms with E-state index in [2.05, 4.69) is 30.0 Å². The number of rotatable bonds is 16. The SMILES string of the molecule is COC(=O)[C@@H](C)Cn1c(=O)nc(C)n(Cc2ccc(Cl)cc2)c1=O.COC(=O)[C@@H](C)Cn1c(=O)nc(Nc2ccc(Oc3ccccc3)cc2)n(Cc2ccc(Cl)cc2)c1=O.Cc1nc(=O)[nH]c(=O)n1Cc1ccc(Cl)cc1.S.S. The molecule has 5 aromatic carbocycles. The average Bonchev–Trinajstić information content (AvgIpc) is 3.46. The predicted molar refractivity (Wildman–Crippen MR) is 315 cm³/mol. The minimum Gasteiger partial charge on any atom is -0.469 e. The maximum Gasteiger partial charge on any atom is 0.354 e. The fourth-order valence-electron chi connectivity index (χ4n) is 7.39. The normalized spacial score (nSPS) is 11.2. The Morgan fingerprint density at radius 1 is 0.525 bits per heavy atom. The van der Waals surface area contributed by atoms with E-state index in [0.717, 1.165) is 25.8 Å². The minimum absolute atomic E-state index is 0. The van der Waals surface area contributed by atoms with E-state index in [1.54, 1.807) is 113 Å². The number of halogens is 3. The number of ether oxygens (including phenoxy) is 3. The number of aryl methyl sites for hydroxylation is 2. The van der Waals surface area contributed by atoms with Crippen LogP contribution in [0.15, 0.2) is 156 Å². The van der Waals surface area contributed by atoms with Crippen molar-refractivity contribution in [1.29, 1.82) is 0 Å². The summed E-state index contributed by atoms with van der Waals surface area (Å²) in [4.78, 5) is 111. The lowest BCUT2D eigenvalue weighted by molar-refractivity contribution is -0.146. The van der Waals surface area contributed by atoms with E-state index in [4.69, 9.17) is 44.3 Å². The summed E-state index contributed by atoms with van der Waals surface area (Å²) in [6, 6.07) is 37.5. The molecule has 21 nitrogen and oxygen atoms in total. The first-order chi connectivity index (χ1) is 37.2. The summed E-state index contributed by atoms with van der Waals surface area (Å²) in [5.74, 6) is -0.297.